The lowest BCUT2D eigenvalue weighted by atomic mass is 10.3. The van der Waals surface area contributed by atoms with E-state index >= 15 is 0 Å². The molecule has 14 heavy (non-hydrogen) atoms. The number of fused-ring (bicyclic) bond motifs is 1. The predicted molar refractivity (Wildman–Crippen MR) is 58.8 cm³/mol. The van der Waals surface area contributed by atoms with Gasteiger partial charge in [0.05, 0.1) is 0 Å². The van der Waals surface area contributed by atoms with Gasteiger partial charge >= 0.3 is 0 Å². The molecule has 1 aliphatic rings. The molecular weight excluding hydrogens is 172 g/mol. The number of pyridine rings is 1. The monoisotopic (exact) mass is 186 g/mol. The maximum Gasteiger partial charge on any atom is 0.0470 e. The average Bonchev–Trinajstić information content (AvgIpc) is 2.88. The lowest BCUT2D eigenvalue weighted by molar-refractivity contribution is 0.949. The van der Waals surface area contributed by atoms with E-state index < -0.39 is 0 Å². The van der Waals surface area contributed by atoms with E-state index in [0.717, 1.165) is 0 Å². The van der Waals surface area contributed by atoms with Gasteiger partial charge in [-0.1, -0.05) is 0 Å². The summed E-state index contributed by atoms with van der Waals surface area (Å²) in [5.74, 6) is 0. The Hall–Kier alpha value is -1.44. The summed E-state index contributed by atoms with van der Waals surface area (Å²) in [6.45, 7) is 2.44. The number of hydrogen-bond acceptors (Lipinski definition) is 1. The fourth-order valence-corrected chi connectivity index (χ4v) is 2.19. The molecule has 0 N–H and O–H groups in total. The van der Waals surface area contributed by atoms with Crippen LogP contribution in [0.25, 0.3) is 5.52 Å². The normalized spacial score (nSPS) is 16.7. The summed E-state index contributed by atoms with van der Waals surface area (Å²) in [5.41, 5.74) is 2.66. The molecule has 72 valence electrons. The zero-order chi connectivity index (χ0) is 9.38. The molecule has 3 rings (SSSR count). The SMILES string of the molecule is c1cc2cc(N3CCCC3)ccn2c1. The highest BCUT2D eigenvalue weighted by molar-refractivity contribution is 5.60. The van der Waals surface area contributed by atoms with E-state index in [0.29, 0.717) is 0 Å². The van der Waals surface area contributed by atoms with Gasteiger partial charge < -0.3 is 9.30 Å². The molecule has 0 aromatic carbocycles. The van der Waals surface area contributed by atoms with E-state index in [4.69, 9.17) is 0 Å². The van der Waals surface area contributed by atoms with Gasteiger partial charge in [0.25, 0.3) is 0 Å². The van der Waals surface area contributed by atoms with Crippen molar-refractivity contribution in [3.63, 3.8) is 0 Å². The first-order chi connectivity index (χ1) is 6.93. The topological polar surface area (TPSA) is 7.65 Å². The second-order valence-electron chi connectivity index (χ2n) is 3.92. The molecule has 2 aromatic heterocycles. The first-order valence-electron chi connectivity index (χ1n) is 5.25. The molecule has 2 aromatic rings. The van der Waals surface area contributed by atoms with Crippen LogP contribution in [0.15, 0.2) is 36.7 Å². The van der Waals surface area contributed by atoms with Crippen molar-refractivity contribution in [2.24, 2.45) is 0 Å². The minimum atomic E-state index is 1.22. The summed E-state index contributed by atoms with van der Waals surface area (Å²) in [7, 11) is 0. The zero-order valence-corrected chi connectivity index (χ0v) is 8.19. The van der Waals surface area contributed by atoms with Crippen LogP contribution in [0.5, 0.6) is 0 Å². The first-order valence-corrected chi connectivity index (χ1v) is 5.25. The average molecular weight is 186 g/mol. The van der Waals surface area contributed by atoms with Gasteiger partial charge in [-0.3, -0.25) is 0 Å². The molecule has 0 bridgehead atoms. The zero-order valence-electron chi connectivity index (χ0n) is 8.19. The van der Waals surface area contributed by atoms with E-state index in [-0.39, 0.29) is 0 Å². The van der Waals surface area contributed by atoms with Crippen LogP contribution in [-0.4, -0.2) is 17.5 Å². The highest BCUT2D eigenvalue weighted by atomic mass is 15.1. The number of hydrogen-bond donors (Lipinski definition) is 0. The van der Waals surface area contributed by atoms with Crippen molar-refractivity contribution in [1.82, 2.24) is 4.40 Å². The van der Waals surface area contributed by atoms with E-state index in [1.807, 2.05) is 0 Å². The second-order valence-corrected chi connectivity index (χ2v) is 3.92. The van der Waals surface area contributed by atoms with Crippen LogP contribution >= 0.6 is 0 Å². The highest BCUT2D eigenvalue weighted by Gasteiger charge is 2.11. The Morgan fingerprint density at radius 2 is 1.86 bits per heavy atom. The number of rotatable bonds is 1. The van der Waals surface area contributed by atoms with Crippen LogP contribution in [0.3, 0.4) is 0 Å². The quantitative estimate of drug-likeness (QED) is 0.664. The van der Waals surface area contributed by atoms with Crippen LogP contribution in [0.4, 0.5) is 5.69 Å². The van der Waals surface area contributed by atoms with Crippen molar-refractivity contribution < 1.29 is 0 Å². The van der Waals surface area contributed by atoms with E-state index in [9.17, 15) is 0 Å². The molecular formula is C12H14N2. The standard InChI is InChI=1S/C12H14N2/c1-2-7-13(6-1)12-5-9-14-8-3-4-11(14)10-12/h3-5,8-10H,1-2,6-7H2. The van der Waals surface area contributed by atoms with Crippen molar-refractivity contribution in [3.8, 4) is 0 Å². The molecule has 0 saturated carbocycles. The van der Waals surface area contributed by atoms with E-state index in [1.54, 1.807) is 0 Å². The summed E-state index contributed by atoms with van der Waals surface area (Å²) in [4.78, 5) is 2.47. The van der Waals surface area contributed by atoms with Crippen molar-refractivity contribution in [1.29, 1.82) is 0 Å². The summed E-state index contributed by atoms with van der Waals surface area (Å²) in [6.07, 6.45) is 6.91. The van der Waals surface area contributed by atoms with Crippen LogP contribution < -0.4 is 4.90 Å². The molecule has 0 aliphatic carbocycles. The molecule has 0 radical (unpaired) electrons. The van der Waals surface area contributed by atoms with Crippen LogP contribution in [0.2, 0.25) is 0 Å². The second kappa shape index (κ2) is 3.05. The van der Waals surface area contributed by atoms with Gasteiger partial charge in [0, 0.05) is 36.7 Å². The van der Waals surface area contributed by atoms with Crippen molar-refractivity contribution in [2.75, 3.05) is 18.0 Å². The van der Waals surface area contributed by atoms with Gasteiger partial charge in [-0.2, -0.15) is 0 Å². The largest absolute Gasteiger partial charge is 0.371 e. The Bertz CT molecular complexity index is 438. The van der Waals surface area contributed by atoms with Crippen molar-refractivity contribution >= 4 is 11.2 Å². The van der Waals surface area contributed by atoms with Crippen LogP contribution in [0, 0.1) is 0 Å². The third-order valence-electron chi connectivity index (χ3n) is 2.98. The Labute approximate surface area is 83.8 Å². The summed E-state index contributed by atoms with van der Waals surface area (Å²) < 4.78 is 2.15. The minimum absolute atomic E-state index is 1.22. The van der Waals surface area contributed by atoms with Crippen LogP contribution in [0.1, 0.15) is 12.8 Å². The molecule has 3 heterocycles. The Morgan fingerprint density at radius 3 is 2.71 bits per heavy atom. The molecule has 2 heteroatoms. The molecule has 1 fully saturated rings. The smallest absolute Gasteiger partial charge is 0.0470 e. The van der Waals surface area contributed by atoms with E-state index in [2.05, 4.69) is 46.0 Å². The third-order valence-corrected chi connectivity index (χ3v) is 2.98. The summed E-state index contributed by atoms with van der Waals surface area (Å²) in [6, 6.07) is 8.71. The lowest BCUT2D eigenvalue weighted by Crippen LogP contribution is -2.17. The summed E-state index contributed by atoms with van der Waals surface area (Å²) in [5, 5.41) is 0. The fourth-order valence-electron chi connectivity index (χ4n) is 2.19. The Morgan fingerprint density at radius 1 is 1.00 bits per heavy atom. The van der Waals surface area contributed by atoms with Gasteiger partial charge in [0.2, 0.25) is 0 Å². The molecule has 0 amide bonds. The third kappa shape index (κ3) is 1.18. The lowest BCUT2D eigenvalue weighted by Gasteiger charge is -2.17. The minimum Gasteiger partial charge on any atom is -0.371 e. The highest BCUT2D eigenvalue weighted by Crippen LogP contribution is 2.21. The number of nitrogens with zero attached hydrogens (tertiary/aromatic N) is 2. The fraction of sp³-hybridized carbons (Fsp3) is 0.333. The molecule has 0 spiro atoms. The molecule has 0 unspecified atom stereocenters. The molecule has 2 nitrogen and oxygen atoms in total. The Balaban J connectivity index is 2.04. The molecule has 1 saturated heterocycles. The maximum atomic E-state index is 2.47. The predicted octanol–water partition coefficient (Wildman–Crippen LogP) is 2.54. The molecule has 1 aliphatic heterocycles. The van der Waals surface area contributed by atoms with Gasteiger partial charge in [-0.05, 0) is 37.1 Å². The van der Waals surface area contributed by atoms with Crippen LogP contribution in [-0.2, 0) is 0 Å². The number of aromatic nitrogens is 1. The van der Waals surface area contributed by atoms with Crippen molar-refractivity contribution in [3.05, 3.63) is 36.7 Å². The van der Waals surface area contributed by atoms with E-state index in [1.165, 1.54) is 37.1 Å². The van der Waals surface area contributed by atoms with Gasteiger partial charge in [-0.25, -0.2) is 0 Å². The van der Waals surface area contributed by atoms with Gasteiger partial charge in [0.1, 0.15) is 0 Å². The Kier molecular flexibility index (Phi) is 1.72. The van der Waals surface area contributed by atoms with Gasteiger partial charge in [0.15, 0.2) is 0 Å². The summed E-state index contributed by atoms with van der Waals surface area (Å²) >= 11 is 0. The molecule has 0 atom stereocenters. The van der Waals surface area contributed by atoms with Gasteiger partial charge in [-0.15, -0.1) is 0 Å². The first kappa shape index (κ1) is 7.92. The maximum absolute atomic E-state index is 2.47. The van der Waals surface area contributed by atoms with Crippen molar-refractivity contribution in [2.45, 2.75) is 12.8 Å². The number of anilines is 1.